The molecule has 1 atom stereocenters. The van der Waals surface area contributed by atoms with E-state index in [0.717, 1.165) is 63.1 Å². The Morgan fingerprint density at radius 1 is 1.15 bits per heavy atom. The summed E-state index contributed by atoms with van der Waals surface area (Å²) < 4.78 is 26.9. The third-order valence-corrected chi connectivity index (χ3v) is 7.48. The molecule has 4 bridgehead atoms. The zero-order valence-electron chi connectivity index (χ0n) is 19.2. The molecule has 1 aromatic carbocycles. The molecular weight excluding hydrogens is 440 g/mol. The second kappa shape index (κ2) is 9.94. The van der Waals surface area contributed by atoms with Gasteiger partial charge in [-0.25, -0.2) is 13.4 Å². The third kappa shape index (κ3) is 5.93. The molecule has 1 fully saturated rings. The number of aryl methyl sites for hydroxylation is 1. The summed E-state index contributed by atoms with van der Waals surface area (Å²) in [6, 6.07) is 6.84. The molecule has 0 aliphatic carbocycles. The monoisotopic (exact) mass is 472 g/mol. The topological polar surface area (TPSA) is 116 Å². The summed E-state index contributed by atoms with van der Waals surface area (Å²) in [6.07, 6.45) is 5.44. The van der Waals surface area contributed by atoms with Gasteiger partial charge in [0, 0.05) is 31.4 Å². The number of sulfonamides is 1. The van der Waals surface area contributed by atoms with E-state index in [2.05, 4.69) is 30.2 Å². The average molecular weight is 473 g/mol. The van der Waals surface area contributed by atoms with E-state index in [0.29, 0.717) is 28.9 Å². The Bertz CT molecular complexity index is 1120. The summed E-state index contributed by atoms with van der Waals surface area (Å²) in [5, 5.41) is 6.18. The number of anilines is 4. The summed E-state index contributed by atoms with van der Waals surface area (Å²) in [7, 11) is -3.42. The van der Waals surface area contributed by atoms with Crippen LogP contribution >= 0.6 is 0 Å². The minimum absolute atomic E-state index is 0.0141. The van der Waals surface area contributed by atoms with E-state index in [1.807, 2.05) is 6.92 Å². The Morgan fingerprint density at radius 2 is 1.97 bits per heavy atom. The lowest BCUT2D eigenvalue weighted by Gasteiger charge is -2.35. The van der Waals surface area contributed by atoms with Gasteiger partial charge in [-0.2, -0.15) is 4.98 Å². The van der Waals surface area contributed by atoms with Gasteiger partial charge < -0.3 is 15.5 Å². The molecule has 10 heteroatoms. The number of amides is 1. The Balaban J connectivity index is 1.73. The van der Waals surface area contributed by atoms with Crippen LogP contribution in [0.15, 0.2) is 24.3 Å². The van der Waals surface area contributed by atoms with Gasteiger partial charge in [-0.3, -0.25) is 9.52 Å². The van der Waals surface area contributed by atoms with Crippen LogP contribution in [0.1, 0.15) is 55.1 Å². The summed E-state index contributed by atoms with van der Waals surface area (Å²) in [4.78, 5) is 24.4. The van der Waals surface area contributed by atoms with Crippen molar-refractivity contribution in [3.63, 3.8) is 0 Å². The third-order valence-electron chi connectivity index (χ3n) is 6.17. The fourth-order valence-electron chi connectivity index (χ4n) is 4.47. The molecule has 178 valence electrons. The van der Waals surface area contributed by atoms with Crippen molar-refractivity contribution in [2.45, 2.75) is 46.0 Å². The van der Waals surface area contributed by atoms with Crippen LogP contribution in [0.25, 0.3) is 0 Å². The number of carbonyl (C=O) groups is 1. The normalized spacial score (nSPS) is 19.4. The first kappa shape index (κ1) is 23.3. The molecule has 1 unspecified atom stereocenters. The molecular formula is C23H32N6O3S. The number of fused-ring (bicyclic) bond motifs is 6. The van der Waals surface area contributed by atoms with Gasteiger partial charge in [0.1, 0.15) is 5.82 Å². The van der Waals surface area contributed by atoms with E-state index in [9.17, 15) is 13.2 Å². The minimum Gasteiger partial charge on any atom is -0.371 e. The zero-order chi connectivity index (χ0) is 23.4. The molecule has 33 heavy (non-hydrogen) atoms. The smallest absolute Gasteiger partial charge is 0.258 e. The molecule has 3 N–H and O–H groups in total. The van der Waals surface area contributed by atoms with E-state index >= 15 is 0 Å². The fraction of sp³-hybridized carbons (Fsp3) is 0.522. The molecule has 0 saturated carbocycles. The quantitative estimate of drug-likeness (QED) is 0.625. The Kier molecular flexibility index (Phi) is 7.02. The number of nitrogens with one attached hydrogen (secondary N) is 3. The number of piperidine rings is 1. The van der Waals surface area contributed by atoms with Crippen LogP contribution in [0.3, 0.4) is 0 Å². The standard InChI is InChI=1S/C23H32N6O3S/c1-3-33(31,32)28-18-9-10-19-20(14-18)29-12-6-8-17(15-29)7-4-5-11-24-23-25-16(2)13-21(27-23)26-22(19)30/h9-10,13-14,17,28H,3-8,11-12,15H2,1-2H3,(H2,24,25,26,27,30). The molecule has 2 aliphatic heterocycles. The van der Waals surface area contributed by atoms with Crippen molar-refractivity contribution in [1.29, 1.82) is 0 Å². The maximum absolute atomic E-state index is 13.3. The molecule has 4 rings (SSSR count). The van der Waals surface area contributed by atoms with Gasteiger partial charge in [0.2, 0.25) is 16.0 Å². The van der Waals surface area contributed by atoms with Crippen molar-refractivity contribution in [1.82, 2.24) is 9.97 Å². The number of benzene rings is 1. The number of nitrogens with zero attached hydrogens (tertiary/aromatic N) is 3. The van der Waals surface area contributed by atoms with Crippen LogP contribution in [0.4, 0.5) is 23.1 Å². The first-order valence-electron chi connectivity index (χ1n) is 11.6. The van der Waals surface area contributed by atoms with Gasteiger partial charge in [-0.15, -0.1) is 0 Å². The average Bonchev–Trinajstić information content (AvgIpc) is 2.78. The minimum atomic E-state index is -3.42. The molecule has 1 saturated heterocycles. The maximum Gasteiger partial charge on any atom is 0.258 e. The Labute approximate surface area is 195 Å². The van der Waals surface area contributed by atoms with Crippen LogP contribution in [-0.2, 0) is 10.0 Å². The van der Waals surface area contributed by atoms with E-state index in [4.69, 9.17) is 0 Å². The first-order valence-corrected chi connectivity index (χ1v) is 13.3. The Hall–Kier alpha value is -2.88. The highest BCUT2D eigenvalue weighted by Crippen LogP contribution is 2.32. The summed E-state index contributed by atoms with van der Waals surface area (Å²) >= 11 is 0. The molecule has 1 amide bonds. The molecule has 2 aromatic rings. The summed E-state index contributed by atoms with van der Waals surface area (Å²) in [5.74, 6) is 1.18. The summed E-state index contributed by atoms with van der Waals surface area (Å²) in [5.41, 5.74) is 2.47. The van der Waals surface area contributed by atoms with Gasteiger partial charge in [0.15, 0.2) is 0 Å². The van der Waals surface area contributed by atoms with Crippen LogP contribution in [0.2, 0.25) is 0 Å². The molecule has 2 aliphatic rings. The molecule has 0 radical (unpaired) electrons. The van der Waals surface area contributed by atoms with E-state index < -0.39 is 10.0 Å². The van der Waals surface area contributed by atoms with Crippen LogP contribution < -0.4 is 20.3 Å². The molecule has 1 aromatic heterocycles. The van der Waals surface area contributed by atoms with Crippen molar-refractivity contribution >= 4 is 39.1 Å². The fourth-order valence-corrected chi connectivity index (χ4v) is 5.10. The van der Waals surface area contributed by atoms with Gasteiger partial charge in [-0.05, 0) is 63.6 Å². The number of hydrogen-bond acceptors (Lipinski definition) is 7. The largest absolute Gasteiger partial charge is 0.371 e. The number of rotatable bonds is 3. The second-order valence-corrected chi connectivity index (χ2v) is 10.8. The van der Waals surface area contributed by atoms with Crippen LogP contribution in [0, 0.1) is 12.8 Å². The predicted molar refractivity (Wildman–Crippen MR) is 132 cm³/mol. The number of carbonyl (C=O) groups excluding carboxylic acids is 1. The van der Waals surface area contributed by atoms with Crippen molar-refractivity contribution in [2.75, 3.05) is 45.6 Å². The SMILES string of the molecule is CCS(=O)(=O)Nc1ccc2c(c1)N1CCCC(CCCCNc3nc(C)cc(n3)NC2=O)C1. The van der Waals surface area contributed by atoms with Gasteiger partial charge >= 0.3 is 0 Å². The Morgan fingerprint density at radius 3 is 2.79 bits per heavy atom. The van der Waals surface area contributed by atoms with Crippen molar-refractivity contribution in [3.8, 4) is 0 Å². The number of aromatic nitrogens is 2. The maximum atomic E-state index is 13.3. The molecule has 0 spiro atoms. The van der Waals surface area contributed by atoms with E-state index in [1.54, 1.807) is 31.2 Å². The predicted octanol–water partition coefficient (Wildman–Crippen LogP) is 3.61. The van der Waals surface area contributed by atoms with Crippen LogP contribution in [-0.4, -0.2) is 49.7 Å². The van der Waals surface area contributed by atoms with E-state index in [1.165, 1.54) is 0 Å². The highest BCUT2D eigenvalue weighted by Gasteiger charge is 2.25. The highest BCUT2D eigenvalue weighted by molar-refractivity contribution is 7.92. The first-order chi connectivity index (χ1) is 15.8. The van der Waals surface area contributed by atoms with Gasteiger partial charge in [0.05, 0.1) is 22.7 Å². The lowest BCUT2D eigenvalue weighted by atomic mass is 9.92. The van der Waals surface area contributed by atoms with E-state index in [-0.39, 0.29) is 11.7 Å². The lowest BCUT2D eigenvalue weighted by Crippen LogP contribution is -2.36. The molecule has 9 nitrogen and oxygen atoms in total. The number of hydrogen-bond donors (Lipinski definition) is 3. The lowest BCUT2D eigenvalue weighted by molar-refractivity contribution is 0.102. The molecule has 3 heterocycles. The van der Waals surface area contributed by atoms with Crippen LogP contribution in [0.5, 0.6) is 0 Å². The van der Waals surface area contributed by atoms with Gasteiger partial charge in [0.25, 0.3) is 5.91 Å². The highest BCUT2D eigenvalue weighted by atomic mass is 32.2. The second-order valence-electron chi connectivity index (χ2n) is 8.79. The zero-order valence-corrected chi connectivity index (χ0v) is 20.0. The van der Waals surface area contributed by atoms with Crippen molar-refractivity contribution in [2.24, 2.45) is 5.92 Å². The summed E-state index contributed by atoms with van der Waals surface area (Å²) in [6.45, 7) is 5.93. The van der Waals surface area contributed by atoms with Gasteiger partial charge in [-0.1, -0.05) is 6.42 Å². The van der Waals surface area contributed by atoms with Crippen molar-refractivity contribution < 1.29 is 13.2 Å². The van der Waals surface area contributed by atoms with Crippen molar-refractivity contribution in [3.05, 3.63) is 35.5 Å².